The maximum absolute atomic E-state index is 5.43. The third-order valence-electron chi connectivity index (χ3n) is 3.66. The Morgan fingerprint density at radius 2 is 1.05 bits per heavy atom. The van der Waals surface area contributed by atoms with E-state index in [9.17, 15) is 0 Å². The molecule has 6 heteroatoms. The quantitative estimate of drug-likeness (QED) is 0.415. The zero-order valence-corrected chi connectivity index (χ0v) is 12.1. The molecule has 2 aromatic carbocycles. The summed E-state index contributed by atoms with van der Waals surface area (Å²) in [6.07, 6.45) is 1.70. The topological polar surface area (TPSA) is 129 Å². The van der Waals surface area contributed by atoms with E-state index in [0.717, 1.165) is 24.2 Å². The van der Waals surface area contributed by atoms with Gasteiger partial charge in [-0.2, -0.15) is 0 Å². The van der Waals surface area contributed by atoms with Crippen LogP contribution in [0.4, 0.5) is 11.4 Å². The molecule has 0 bridgehead atoms. The van der Waals surface area contributed by atoms with Crippen molar-refractivity contribution in [2.75, 3.05) is 0 Å². The van der Waals surface area contributed by atoms with Gasteiger partial charge in [-0.3, -0.25) is 0 Å². The first-order valence-electron chi connectivity index (χ1n) is 6.94. The molecule has 0 amide bonds. The van der Waals surface area contributed by atoms with Crippen molar-refractivity contribution in [3.63, 3.8) is 0 Å². The van der Waals surface area contributed by atoms with Crippen LogP contribution in [0.3, 0.4) is 0 Å². The molecule has 112 valence electrons. The highest BCUT2D eigenvalue weighted by molar-refractivity contribution is 5.79. The minimum atomic E-state index is 0.0676. The second kappa shape index (κ2) is 5.40. The third kappa shape index (κ3) is 2.85. The summed E-state index contributed by atoms with van der Waals surface area (Å²) in [5, 5.41) is 0. The van der Waals surface area contributed by atoms with Crippen molar-refractivity contribution in [2.45, 2.75) is 12.8 Å². The monoisotopic (exact) mass is 294 g/mol. The Balaban J connectivity index is 1.95. The van der Waals surface area contributed by atoms with Gasteiger partial charge in [-0.15, -0.1) is 0 Å². The minimum absolute atomic E-state index is 0.0676. The summed E-state index contributed by atoms with van der Waals surface area (Å²) in [6.45, 7) is 0. The summed E-state index contributed by atoms with van der Waals surface area (Å²) in [5.74, 6) is 0.135. The molecule has 0 aromatic heterocycles. The molecule has 22 heavy (non-hydrogen) atoms. The van der Waals surface area contributed by atoms with Gasteiger partial charge in [0.2, 0.25) is 0 Å². The van der Waals surface area contributed by atoms with Gasteiger partial charge >= 0.3 is 0 Å². The maximum Gasteiger partial charge on any atom is 0.191 e. The highest BCUT2D eigenvalue weighted by atomic mass is 15.0. The van der Waals surface area contributed by atoms with Gasteiger partial charge in [-0.25, -0.2) is 9.98 Å². The molecule has 3 rings (SSSR count). The van der Waals surface area contributed by atoms with Gasteiger partial charge in [0.15, 0.2) is 11.9 Å². The number of nitrogens with two attached hydrogens (primary N) is 4. The normalized spacial score (nSPS) is 12.0. The van der Waals surface area contributed by atoms with Crippen LogP contribution in [-0.2, 0) is 12.8 Å². The van der Waals surface area contributed by atoms with E-state index in [-0.39, 0.29) is 11.9 Å². The molecule has 0 fully saturated rings. The van der Waals surface area contributed by atoms with Gasteiger partial charge in [0.05, 0.1) is 11.4 Å². The van der Waals surface area contributed by atoms with Gasteiger partial charge in [-0.05, 0) is 59.4 Å². The van der Waals surface area contributed by atoms with Crippen LogP contribution in [0, 0.1) is 0 Å². The van der Waals surface area contributed by atoms with Crippen LogP contribution in [0.15, 0.2) is 46.4 Å². The number of benzene rings is 2. The highest BCUT2D eigenvalue weighted by Crippen LogP contribution is 2.31. The van der Waals surface area contributed by atoms with Crippen molar-refractivity contribution in [1.29, 1.82) is 0 Å². The zero-order valence-electron chi connectivity index (χ0n) is 12.1. The van der Waals surface area contributed by atoms with E-state index in [0.29, 0.717) is 0 Å². The summed E-state index contributed by atoms with van der Waals surface area (Å²) in [4.78, 5) is 8.19. The lowest BCUT2D eigenvalue weighted by atomic mass is 9.85. The lowest BCUT2D eigenvalue weighted by Crippen LogP contribution is -2.22. The summed E-state index contributed by atoms with van der Waals surface area (Å²) < 4.78 is 0. The second-order valence-corrected chi connectivity index (χ2v) is 5.33. The first-order chi connectivity index (χ1) is 10.5. The fourth-order valence-corrected chi connectivity index (χ4v) is 2.75. The zero-order chi connectivity index (χ0) is 15.7. The van der Waals surface area contributed by atoms with Crippen LogP contribution in [0.25, 0.3) is 0 Å². The first-order valence-corrected chi connectivity index (χ1v) is 6.94. The minimum Gasteiger partial charge on any atom is -0.370 e. The smallest absolute Gasteiger partial charge is 0.191 e. The third-order valence-corrected chi connectivity index (χ3v) is 3.66. The van der Waals surface area contributed by atoms with Crippen molar-refractivity contribution in [2.24, 2.45) is 32.9 Å². The van der Waals surface area contributed by atoms with Crippen molar-refractivity contribution in [1.82, 2.24) is 0 Å². The van der Waals surface area contributed by atoms with Crippen LogP contribution in [-0.4, -0.2) is 11.9 Å². The van der Waals surface area contributed by atoms with Gasteiger partial charge < -0.3 is 22.9 Å². The number of fused-ring (bicyclic) bond motifs is 2. The standard InChI is InChI=1S/C16H18N6/c17-15(18)21-13-3-1-9-5-12-8-14(22-16(19)20)4-2-10(12)6-11(9)7-13/h1-4,7-8H,5-6H2,(H4,17,18,21)(H4,19,20,22). The molecule has 0 unspecified atom stereocenters. The molecule has 0 saturated heterocycles. The Kier molecular flexibility index (Phi) is 3.42. The van der Waals surface area contributed by atoms with E-state index in [1.54, 1.807) is 0 Å². The van der Waals surface area contributed by atoms with E-state index >= 15 is 0 Å². The summed E-state index contributed by atoms with van der Waals surface area (Å²) in [7, 11) is 0. The molecular formula is C16H18N6. The molecule has 0 radical (unpaired) electrons. The molecule has 0 heterocycles. The number of rotatable bonds is 2. The predicted octanol–water partition coefficient (Wildman–Crippen LogP) is 0.991. The Morgan fingerprint density at radius 1 is 0.636 bits per heavy atom. The van der Waals surface area contributed by atoms with Gasteiger partial charge in [0.1, 0.15) is 0 Å². The summed E-state index contributed by atoms with van der Waals surface area (Å²) in [5.41, 5.74) is 28.3. The Hall–Kier alpha value is -3.02. The van der Waals surface area contributed by atoms with Crippen molar-refractivity contribution in [3.8, 4) is 0 Å². The van der Waals surface area contributed by atoms with Gasteiger partial charge in [0, 0.05) is 0 Å². The SMILES string of the molecule is NC(N)=Nc1ccc2c(c1)Cc1ccc(N=C(N)N)cc1C2. The molecule has 1 aliphatic rings. The Labute approximate surface area is 128 Å². The van der Waals surface area contributed by atoms with Crippen molar-refractivity contribution >= 4 is 23.3 Å². The first kappa shape index (κ1) is 13.9. The number of nitrogens with zero attached hydrogens (tertiary/aromatic N) is 2. The Bertz CT molecular complexity index is 716. The average molecular weight is 294 g/mol. The number of guanidine groups is 2. The maximum atomic E-state index is 5.43. The lowest BCUT2D eigenvalue weighted by molar-refractivity contribution is 1.00. The average Bonchev–Trinajstić information content (AvgIpc) is 2.44. The molecule has 0 aliphatic heterocycles. The van der Waals surface area contributed by atoms with E-state index in [4.69, 9.17) is 22.9 Å². The summed E-state index contributed by atoms with van der Waals surface area (Å²) in [6, 6.07) is 12.0. The van der Waals surface area contributed by atoms with E-state index in [1.165, 1.54) is 22.3 Å². The fraction of sp³-hybridized carbons (Fsp3) is 0.125. The molecule has 2 aromatic rings. The number of aliphatic imine (C=N–C) groups is 2. The van der Waals surface area contributed by atoms with Crippen molar-refractivity contribution < 1.29 is 0 Å². The second-order valence-electron chi connectivity index (χ2n) is 5.33. The molecule has 8 N–H and O–H groups in total. The molecular weight excluding hydrogens is 276 g/mol. The van der Waals surface area contributed by atoms with Crippen molar-refractivity contribution in [3.05, 3.63) is 58.7 Å². The molecule has 1 aliphatic carbocycles. The fourth-order valence-electron chi connectivity index (χ4n) is 2.75. The van der Waals surface area contributed by atoms with Crippen LogP contribution >= 0.6 is 0 Å². The Morgan fingerprint density at radius 3 is 1.41 bits per heavy atom. The van der Waals surface area contributed by atoms with E-state index in [1.807, 2.05) is 24.3 Å². The van der Waals surface area contributed by atoms with Crippen LogP contribution in [0.1, 0.15) is 22.3 Å². The molecule has 0 spiro atoms. The van der Waals surface area contributed by atoms with E-state index in [2.05, 4.69) is 22.1 Å². The lowest BCUT2D eigenvalue weighted by Gasteiger charge is -2.20. The van der Waals surface area contributed by atoms with Gasteiger partial charge in [-0.1, -0.05) is 12.1 Å². The highest BCUT2D eigenvalue weighted by Gasteiger charge is 2.16. The molecule has 6 nitrogen and oxygen atoms in total. The molecule has 0 saturated carbocycles. The number of hydrogen-bond acceptors (Lipinski definition) is 2. The largest absolute Gasteiger partial charge is 0.370 e. The van der Waals surface area contributed by atoms with Crippen LogP contribution < -0.4 is 22.9 Å². The number of hydrogen-bond donors (Lipinski definition) is 4. The summed E-state index contributed by atoms with van der Waals surface area (Å²) >= 11 is 0. The van der Waals surface area contributed by atoms with Gasteiger partial charge in [0.25, 0.3) is 0 Å². The van der Waals surface area contributed by atoms with Crippen LogP contribution in [0.2, 0.25) is 0 Å². The molecule has 0 atom stereocenters. The van der Waals surface area contributed by atoms with Crippen LogP contribution in [0.5, 0.6) is 0 Å². The predicted molar refractivity (Wildman–Crippen MR) is 89.4 cm³/mol. The van der Waals surface area contributed by atoms with E-state index < -0.39 is 0 Å².